The molecule has 16 heavy (non-hydrogen) atoms. The van der Waals surface area contributed by atoms with Gasteiger partial charge in [-0.3, -0.25) is 4.79 Å². The topological polar surface area (TPSA) is 17.1 Å². The van der Waals surface area contributed by atoms with E-state index in [2.05, 4.69) is 20.8 Å². The Bertz CT molecular complexity index is 403. The number of Topliss-reactive ketones (excluding diaryl/α,β-unsaturated/α-hetero) is 1. The predicted molar refractivity (Wildman–Crippen MR) is 69.7 cm³/mol. The molecule has 0 saturated carbocycles. The number of rotatable bonds is 2. The lowest BCUT2D eigenvalue weighted by Gasteiger charge is -2.20. The summed E-state index contributed by atoms with van der Waals surface area (Å²) < 4.78 is 0. The van der Waals surface area contributed by atoms with Gasteiger partial charge in [0.25, 0.3) is 0 Å². The molecule has 0 saturated heterocycles. The Balaban J connectivity index is 3.15. The second-order valence-corrected chi connectivity index (χ2v) is 6.04. The van der Waals surface area contributed by atoms with Crippen LogP contribution in [-0.2, 0) is 5.41 Å². The molecule has 1 nitrogen and oxygen atoms in total. The van der Waals surface area contributed by atoms with Crippen LogP contribution in [-0.4, -0.2) is 10.6 Å². The normalized spacial score (nSPS) is 11.9. The maximum absolute atomic E-state index is 11.7. The first-order chi connectivity index (χ1) is 7.23. The lowest BCUT2D eigenvalue weighted by atomic mass is 9.85. The monoisotopic (exact) mass is 258 g/mol. The van der Waals surface area contributed by atoms with Gasteiger partial charge < -0.3 is 0 Å². The molecule has 88 valence electrons. The van der Waals surface area contributed by atoms with Crippen molar-refractivity contribution in [2.75, 3.05) is 0 Å². The van der Waals surface area contributed by atoms with Gasteiger partial charge in [0.05, 0.1) is 0 Å². The zero-order chi connectivity index (χ0) is 12.5. The third-order valence-corrected chi connectivity index (χ3v) is 2.95. The maximum Gasteiger partial charge on any atom is 0.195 e. The molecule has 0 amide bonds. The predicted octanol–water partition coefficient (Wildman–Crippen LogP) is 4.28. The van der Waals surface area contributed by atoms with Gasteiger partial charge in [-0.25, -0.2) is 0 Å². The van der Waals surface area contributed by atoms with E-state index in [0.717, 1.165) is 5.56 Å². The van der Waals surface area contributed by atoms with Gasteiger partial charge in [-0.2, -0.15) is 0 Å². The summed E-state index contributed by atoms with van der Waals surface area (Å²) in [7, 11) is 0. The number of hydrogen-bond donors (Lipinski definition) is 0. The van der Waals surface area contributed by atoms with Crippen LogP contribution in [0.1, 0.15) is 42.3 Å². The molecule has 3 heteroatoms. The lowest BCUT2D eigenvalue weighted by Crippen LogP contribution is -2.14. The summed E-state index contributed by atoms with van der Waals surface area (Å²) in [4.78, 5) is 10.7. The van der Waals surface area contributed by atoms with Gasteiger partial charge in [0, 0.05) is 5.56 Å². The Morgan fingerprint density at radius 2 is 1.81 bits per heavy atom. The number of aryl methyl sites for hydroxylation is 1. The van der Waals surface area contributed by atoms with Crippen LogP contribution in [0, 0.1) is 6.92 Å². The highest BCUT2D eigenvalue weighted by Gasteiger charge is 2.19. The fourth-order valence-electron chi connectivity index (χ4n) is 1.52. The average Bonchev–Trinajstić information content (AvgIpc) is 2.15. The fraction of sp³-hybridized carbons (Fsp3) is 0.462. The second-order valence-electron chi connectivity index (χ2n) is 4.94. The van der Waals surface area contributed by atoms with Gasteiger partial charge in [-0.1, -0.05) is 62.2 Å². The van der Waals surface area contributed by atoms with Crippen LogP contribution in [0.15, 0.2) is 18.2 Å². The molecule has 0 atom stereocenters. The van der Waals surface area contributed by atoms with Gasteiger partial charge in [0.2, 0.25) is 0 Å². The van der Waals surface area contributed by atoms with Gasteiger partial charge in [-0.15, -0.1) is 0 Å². The van der Waals surface area contributed by atoms with Crippen molar-refractivity contribution < 1.29 is 4.79 Å². The van der Waals surface area contributed by atoms with Gasteiger partial charge >= 0.3 is 0 Å². The first-order valence-corrected chi connectivity index (χ1v) is 6.04. The van der Waals surface area contributed by atoms with Gasteiger partial charge in [0.1, 0.15) is 0 Å². The van der Waals surface area contributed by atoms with Crippen molar-refractivity contribution in [1.82, 2.24) is 0 Å². The van der Waals surface area contributed by atoms with Crippen LogP contribution >= 0.6 is 23.2 Å². The van der Waals surface area contributed by atoms with Crippen molar-refractivity contribution in [2.24, 2.45) is 0 Å². The summed E-state index contributed by atoms with van der Waals surface area (Å²) in [5.41, 5.74) is 2.79. The van der Waals surface area contributed by atoms with Gasteiger partial charge in [-0.05, 0) is 23.5 Å². The molecular formula is C13H16Cl2O. The molecule has 0 aliphatic heterocycles. The Morgan fingerprint density at radius 3 is 2.19 bits per heavy atom. The molecule has 0 spiro atoms. The number of carbonyl (C=O) groups excluding carboxylic acids is 1. The molecule has 0 aromatic heterocycles. The standard InChI is InChI=1S/C13H16Cl2O/c1-8-7-9(13(2,3)4)5-6-10(8)11(16)12(14)15/h5-7,12H,1-4H3. The van der Waals surface area contributed by atoms with Gasteiger partial charge in [0.15, 0.2) is 10.6 Å². The minimum Gasteiger partial charge on any atom is -0.291 e. The molecule has 0 radical (unpaired) electrons. The maximum atomic E-state index is 11.7. The Kier molecular flexibility index (Phi) is 4.03. The second kappa shape index (κ2) is 4.77. The van der Waals surface area contributed by atoms with Crippen molar-refractivity contribution >= 4 is 29.0 Å². The number of halogens is 2. The molecule has 0 fully saturated rings. The summed E-state index contributed by atoms with van der Waals surface area (Å²) in [5.74, 6) is -0.235. The fourth-order valence-corrected chi connectivity index (χ4v) is 1.76. The van der Waals surface area contributed by atoms with E-state index in [1.807, 2.05) is 19.1 Å². The molecule has 0 N–H and O–H groups in total. The largest absolute Gasteiger partial charge is 0.291 e. The molecule has 0 aliphatic rings. The van der Waals surface area contributed by atoms with E-state index in [0.29, 0.717) is 5.56 Å². The lowest BCUT2D eigenvalue weighted by molar-refractivity contribution is 0.101. The molecule has 1 aromatic carbocycles. The minimum absolute atomic E-state index is 0.0771. The molecule has 0 unspecified atom stereocenters. The zero-order valence-electron chi connectivity index (χ0n) is 9.97. The first kappa shape index (κ1) is 13.5. The van der Waals surface area contributed by atoms with E-state index in [4.69, 9.17) is 23.2 Å². The molecule has 1 aromatic rings. The number of benzene rings is 1. The summed E-state index contributed by atoms with van der Waals surface area (Å²) in [6.07, 6.45) is 0. The third-order valence-electron chi connectivity index (χ3n) is 2.56. The Morgan fingerprint density at radius 1 is 1.25 bits per heavy atom. The van der Waals surface area contributed by atoms with Crippen LogP contribution in [0.2, 0.25) is 0 Å². The Labute approximate surface area is 107 Å². The summed E-state index contributed by atoms with van der Waals surface area (Å²) in [6.45, 7) is 8.30. The highest BCUT2D eigenvalue weighted by atomic mass is 35.5. The summed E-state index contributed by atoms with van der Waals surface area (Å²) in [5, 5.41) is 0. The highest BCUT2D eigenvalue weighted by molar-refractivity contribution is 6.55. The third kappa shape index (κ3) is 2.99. The van der Waals surface area contributed by atoms with E-state index in [9.17, 15) is 4.79 Å². The van der Waals surface area contributed by atoms with Crippen molar-refractivity contribution in [1.29, 1.82) is 0 Å². The SMILES string of the molecule is Cc1cc(C(C)(C)C)ccc1C(=O)C(Cl)Cl. The summed E-state index contributed by atoms with van der Waals surface area (Å²) >= 11 is 11.2. The molecule has 0 heterocycles. The van der Waals surface area contributed by atoms with Crippen molar-refractivity contribution in [2.45, 2.75) is 37.9 Å². The highest BCUT2D eigenvalue weighted by Crippen LogP contribution is 2.25. The van der Waals surface area contributed by atoms with Crippen molar-refractivity contribution in [3.8, 4) is 0 Å². The van der Waals surface area contributed by atoms with E-state index in [1.165, 1.54) is 5.56 Å². The van der Waals surface area contributed by atoms with E-state index < -0.39 is 4.84 Å². The number of alkyl halides is 2. The molecule has 0 aliphatic carbocycles. The zero-order valence-corrected chi connectivity index (χ0v) is 11.5. The number of ketones is 1. The summed E-state index contributed by atoms with van der Waals surface area (Å²) in [6, 6.07) is 5.77. The average molecular weight is 259 g/mol. The molecule has 1 rings (SSSR count). The van der Waals surface area contributed by atoms with E-state index >= 15 is 0 Å². The van der Waals surface area contributed by atoms with Crippen LogP contribution in [0.3, 0.4) is 0 Å². The molecule has 0 bridgehead atoms. The van der Waals surface area contributed by atoms with Crippen LogP contribution in [0.4, 0.5) is 0 Å². The van der Waals surface area contributed by atoms with E-state index in [1.54, 1.807) is 6.07 Å². The first-order valence-electron chi connectivity index (χ1n) is 5.17. The number of carbonyl (C=O) groups is 1. The van der Waals surface area contributed by atoms with Crippen molar-refractivity contribution in [3.05, 3.63) is 34.9 Å². The van der Waals surface area contributed by atoms with E-state index in [-0.39, 0.29) is 11.2 Å². The van der Waals surface area contributed by atoms with Crippen LogP contribution in [0.25, 0.3) is 0 Å². The smallest absolute Gasteiger partial charge is 0.195 e. The molecular weight excluding hydrogens is 243 g/mol. The van der Waals surface area contributed by atoms with Crippen LogP contribution in [0.5, 0.6) is 0 Å². The number of hydrogen-bond acceptors (Lipinski definition) is 1. The van der Waals surface area contributed by atoms with Crippen LogP contribution < -0.4 is 0 Å². The quantitative estimate of drug-likeness (QED) is 0.572. The Hall–Kier alpha value is -0.530. The van der Waals surface area contributed by atoms with Crippen molar-refractivity contribution in [3.63, 3.8) is 0 Å². The minimum atomic E-state index is -0.987.